The molecule has 0 heterocycles. The molecule has 1 heteroatoms. The number of carbonyl (C=O) groups is 1. The Bertz CT molecular complexity index is 532. The molecular formula is C23H32O. The van der Waals surface area contributed by atoms with E-state index in [2.05, 4.69) is 25.7 Å². The van der Waals surface area contributed by atoms with Gasteiger partial charge in [0, 0.05) is 12.8 Å². The van der Waals surface area contributed by atoms with E-state index in [0.717, 1.165) is 51.4 Å². The second kappa shape index (κ2) is 8.07. The van der Waals surface area contributed by atoms with Crippen molar-refractivity contribution in [1.29, 1.82) is 0 Å². The first-order valence-electron chi connectivity index (χ1n) is 9.77. The normalized spacial score (nSPS) is 29.2. The van der Waals surface area contributed by atoms with Crippen LogP contribution in [-0.4, -0.2) is 5.78 Å². The van der Waals surface area contributed by atoms with Crippen LogP contribution in [0.2, 0.25) is 0 Å². The predicted octanol–water partition coefficient (Wildman–Crippen LogP) is 5.84. The molecule has 2 aliphatic carbocycles. The summed E-state index contributed by atoms with van der Waals surface area (Å²) in [6.45, 7) is 4.37. The lowest BCUT2D eigenvalue weighted by atomic mass is 9.66. The van der Waals surface area contributed by atoms with Gasteiger partial charge in [-0.1, -0.05) is 50.7 Å². The quantitative estimate of drug-likeness (QED) is 0.405. The standard InChI is InChI=1S/C23H32O/c1-5-9-17-22(15-7-3)19-13-11-12-14-20(19)23(16-8-4,21(22)24)18-10-6-2/h3-4H,5-6,9-18H2,1-2H3/t22-,23-/m0/s1. The maximum atomic E-state index is 13.9. The van der Waals surface area contributed by atoms with E-state index in [9.17, 15) is 4.79 Å². The van der Waals surface area contributed by atoms with Crippen molar-refractivity contribution in [3.05, 3.63) is 11.1 Å². The topological polar surface area (TPSA) is 17.1 Å². The summed E-state index contributed by atoms with van der Waals surface area (Å²) in [4.78, 5) is 13.9. The molecule has 0 aromatic carbocycles. The minimum absolute atomic E-state index is 0.375. The maximum Gasteiger partial charge on any atom is 0.155 e. The lowest BCUT2D eigenvalue weighted by Crippen LogP contribution is -2.38. The zero-order valence-corrected chi connectivity index (χ0v) is 15.5. The molecule has 0 radical (unpaired) electrons. The molecular weight excluding hydrogens is 292 g/mol. The highest BCUT2D eigenvalue weighted by atomic mass is 16.1. The second-order valence-corrected chi connectivity index (χ2v) is 7.63. The Hall–Kier alpha value is -1.47. The molecule has 0 spiro atoms. The van der Waals surface area contributed by atoms with Crippen molar-refractivity contribution in [3.63, 3.8) is 0 Å². The molecule has 130 valence electrons. The van der Waals surface area contributed by atoms with Gasteiger partial charge in [-0.25, -0.2) is 0 Å². The summed E-state index contributed by atoms with van der Waals surface area (Å²) in [5.74, 6) is 6.08. The molecule has 0 aliphatic heterocycles. The van der Waals surface area contributed by atoms with E-state index >= 15 is 0 Å². The molecule has 0 unspecified atom stereocenters. The van der Waals surface area contributed by atoms with Gasteiger partial charge in [0.05, 0.1) is 10.8 Å². The minimum atomic E-state index is -0.412. The first kappa shape index (κ1) is 18.9. The van der Waals surface area contributed by atoms with E-state index in [0.29, 0.717) is 18.6 Å². The van der Waals surface area contributed by atoms with Crippen molar-refractivity contribution in [3.8, 4) is 24.7 Å². The van der Waals surface area contributed by atoms with Gasteiger partial charge < -0.3 is 0 Å². The second-order valence-electron chi connectivity index (χ2n) is 7.63. The Kier molecular flexibility index (Phi) is 6.34. The highest BCUT2D eigenvalue weighted by Crippen LogP contribution is 2.61. The average Bonchev–Trinajstić information content (AvgIpc) is 2.80. The van der Waals surface area contributed by atoms with Crippen LogP contribution in [-0.2, 0) is 4.79 Å². The van der Waals surface area contributed by atoms with Crippen molar-refractivity contribution < 1.29 is 4.79 Å². The van der Waals surface area contributed by atoms with Gasteiger partial charge in [-0.15, -0.1) is 24.7 Å². The van der Waals surface area contributed by atoms with Crippen molar-refractivity contribution >= 4 is 5.78 Å². The molecule has 2 atom stereocenters. The van der Waals surface area contributed by atoms with Gasteiger partial charge in [-0.2, -0.15) is 0 Å². The van der Waals surface area contributed by atoms with Crippen molar-refractivity contribution in [2.24, 2.45) is 10.8 Å². The van der Waals surface area contributed by atoms with Crippen LogP contribution in [0.4, 0.5) is 0 Å². The number of rotatable bonds is 8. The molecule has 0 bridgehead atoms. The molecule has 2 rings (SSSR count). The van der Waals surface area contributed by atoms with Gasteiger partial charge in [0.2, 0.25) is 0 Å². The minimum Gasteiger partial charge on any atom is -0.298 e. The fourth-order valence-corrected chi connectivity index (χ4v) is 5.08. The van der Waals surface area contributed by atoms with E-state index in [4.69, 9.17) is 12.8 Å². The molecule has 0 aromatic heterocycles. The number of hydrogen-bond acceptors (Lipinski definition) is 1. The number of unbranched alkanes of at least 4 members (excludes halogenated alkanes) is 2. The van der Waals surface area contributed by atoms with Crippen LogP contribution in [0.15, 0.2) is 11.1 Å². The summed E-state index contributed by atoms with van der Waals surface area (Å²) < 4.78 is 0. The maximum absolute atomic E-state index is 13.9. The highest BCUT2D eigenvalue weighted by Gasteiger charge is 2.59. The molecule has 0 saturated carbocycles. The lowest BCUT2D eigenvalue weighted by molar-refractivity contribution is -0.133. The monoisotopic (exact) mass is 324 g/mol. The summed E-state index contributed by atoms with van der Waals surface area (Å²) in [5.41, 5.74) is 1.98. The third kappa shape index (κ3) is 2.95. The summed E-state index contributed by atoms with van der Waals surface area (Å²) in [6.07, 6.45) is 23.2. The van der Waals surface area contributed by atoms with Crippen molar-refractivity contribution in [1.82, 2.24) is 0 Å². The van der Waals surface area contributed by atoms with Crippen LogP contribution >= 0.6 is 0 Å². The molecule has 0 amide bonds. The number of ketones is 1. The third-order valence-electron chi connectivity index (χ3n) is 6.21. The van der Waals surface area contributed by atoms with Gasteiger partial charge in [-0.3, -0.25) is 4.79 Å². The smallest absolute Gasteiger partial charge is 0.155 e. The number of allylic oxidation sites excluding steroid dienone is 2. The largest absolute Gasteiger partial charge is 0.298 e. The summed E-state index contributed by atoms with van der Waals surface area (Å²) in [5, 5.41) is 0. The van der Waals surface area contributed by atoms with Gasteiger partial charge >= 0.3 is 0 Å². The van der Waals surface area contributed by atoms with Gasteiger partial charge in [0.1, 0.15) is 0 Å². The van der Waals surface area contributed by atoms with E-state index in [1.807, 2.05) is 0 Å². The number of Topliss-reactive ketones (excluding diaryl/α,β-unsaturated/α-hetero) is 1. The fraction of sp³-hybridized carbons (Fsp3) is 0.696. The summed E-state index contributed by atoms with van der Waals surface area (Å²) >= 11 is 0. The van der Waals surface area contributed by atoms with E-state index < -0.39 is 10.8 Å². The Morgan fingerprint density at radius 2 is 1.29 bits per heavy atom. The van der Waals surface area contributed by atoms with Crippen LogP contribution in [0.5, 0.6) is 0 Å². The van der Waals surface area contributed by atoms with Gasteiger partial charge in [-0.05, 0) is 38.5 Å². The van der Waals surface area contributed by atoms with Crippen LogP contribution in [0.3, 0.4) is 0 Å². The summed E-state index contributed by atoms with van der Waals surface area (Å²) in [7, 11) is 0. The zero-order valence-electron chi connectivity index (χ0n) is 15.5. The Morgan fingerprint density at radius 1 is 0.875 bits per heavy atom. The Morgan fingerprint density at radius 3 is 1.62 bits per heavy atom. The highest BCUT2D eigenvalue weighted by molar-refractivity contribution is 6.00. The SMILES string of the molecule is C#CC[C@@]1(CCCC)C(=O)[C@@](CC#C)(CCCC)C2=C1CCCC2. The van der Waals surface area contributed by atoms with Crippen molar-refractivity contribution in [2.45, 2.75) is 90.9 Å². The van der Waals surface area contributed by atoms with Crippen LogP contribution < -0.4 is 0 Å². The first-order valence-corrected chi connectivity index (χ1v) is 9.77. The molecule has 0 fully saturated rings. The summed E-state index contributed by atoms with van der Waals surface area (Å²) in [6, 6.07) is 0. The zero-order chi connectivity index (χ0) is 17.6. The van der Waals surface area contributed by atoms with Crippen molar-refractivity contribution in [2.75, 3.05) is 0 Å². The third-order valence-corrected chi connectivity index (χ3v) is 6.21. The fourth-order valence-electron chi connectivity index (χ4n) is 5.08. The van der Waals surface area contributed by atoms with Gasteiger partial charge in [0.15, 0.2) is 5.78 Å². The predicted molar refractivity (Wildman–Crippen MR) is 101 cm³/mol. The number of hydrogen-bond donors (Lipinski definition) is 0. The Labute approximate surface area is 148 Å². The molecule has 0 aromatic rings. The van der Waals surface area contributed by atoms with Gasteiger partial charge in [0.25, 0.3) is 0 Å². The van der Waals surface area contributed by atoms with Crippen LogP contribution in [0.1, 0.15) is 90.9 Å². The van der Waals surface area contributed by atoms with E-state index in [1.54, 1.807) is 0 Å². The first-order chi connectivity index (χ1) is 11.6. The lowest BCUT2D eigenvalue weighted by Gasteiger charge is -2.34. The Balaban J connectivity index is 2.58. The van der Waals surface area contributed by atoms with Crippen LogP contribution in [0, 0.1) is 35.5 Å². The molecule has 24 heavy (non-hydrogen) atoms. The number of terminal acetylenes is 2. The molecule has 1 nitrogen and oxygen atoms in total. The molecule has 2 aliphatic rings. The molecule has 0 N–H and O–H groups in total. The van der Waals surface area contributed by atoms with E-state index in [1.165, 1.54) is 24.0 Å². The van der Waals surface area contributed by atoms with E-state index in [-0.39, 0.29) is 0 Å². The average molecular weight is 325 g/mol. The number of carbonyl (C=O) groups excluding carboxylic acids is 1. The molecule has 0 saturated heterocycles. The van der Waals surface area contributed by atoms with Crippen LogP contribution in [0.25, 0.3) is 0 Å².